The van der Waals surface area contributed by atoms with Crippen LogP contribution in [0, 0.1) is 0 Å². The van der Waals surface area contributed by atoms with Crippen molar-refractivity contribution in [1.82, 2.24) is 5.32 Å². The third-order valence-corrected chi connectivity index (χ3v) is 14.7. The molecule has 11 heteroatoms. The number of rotatable bonds is 54. The van der Waals surface area contributed by atoms with Crippen LogP contribution in [0.15, 0.2) is 60.8 Å². The number of allylic oxidation sites excluding steroid dienone is 8. The van der Waals surface area contributed by atoms with Gasteiger partial charge < -0.3 is 45.1 Å². The fraction of sp³-hybridized carbons (Fsp3) is 0.815. The lowest BCUT2D eigenvalue weighted by atomic mass is 9.99. The maximum atomic E-state index is 13.0. The van der Waals surface area contributed by atoms with Gasteiger partial charge in [-0.05, 0) is 71.1 Å². The van der Waals surface area contributed by atoms with Gasteiger partial charge >= 0.3 is 5.97 Å². The Morgan fingerprint density at radius 2 is 0.947 bits per heavy atom. The van der Waals surface area contributed by atoms with Gasteiger partial charge in [0, 0.05) is 12.8 Å². The summed E-state index contributed by atoms with van der Waals surface area (Å²) in [6, 6.07) is -0.838. The average molecular weight is 1070 g/mol. The predicted molar refractivity (Wildman–Crippen MR) is 315 cm³/mol. The van der Waals surface area contributed by atoms with E-state index in [4.69, 9.17) is 14.2 Å². The van der Waals surface area contributed by atoms with Gasteiger partial charge in [-0.2, -0.15) is 0 Å². The number of hydrogen-bond donors (Lipinski definition) is 6. The molecule has 76 heavy (non-hydrogen) atoms. The Kier molecular flexibility index (Phi) is 51.0. The Morgan fingerprint density at radius 3 is 1.45 bits per heavy atom. The lowest BCUT2D eigenvalue weighted by molar-refractivity contribution is -0.302. The van der Waals surface area contributed by atoms with Crippen LogP contribution in [-0.4, -0.2) is 100 Å². The van der Waals surface area contributed by atoms with Crippen molar-refractivity contribution < 1.29 is 49.3 Å². The zero-order valence-electron chi connectivity index (χ0n) is 48.7. The molecule has 1 heterocycles. The molecule has 0 aliphatic carbocycles. The number of hydrogen-bond acceptors (Lipinski definition) is 10. The summed E-state index contributed by atoms with van der Waals surface area (Å²) in [7, 11) is 0. The van der Waals surface area contributed by atoms with Crippen LogP contribution in [0.4, 0.5) is 0 Å². The second-order valence-corrected chi connectivity index (χ2v) is 21.8. The van der Waals surface area contributed by atoms with Crippen LogP contribution in [-0.2, 0) is 23.8 Å². The lowest BCUT2D eigenvalue weighted by Gasteiger charge is -2.40. The Hall–Kier alpha value is -2.64. The largest absolute Gasteiger partial charge is 0.465 e. The van der Waals surface area contributed by atoms with E-state index >= 15 is 0 Å². The highest BCUT2D eigenvalue weighted by Gasteiger charge is 2.44. The highest BCUT2D eigenvalue weighted by molar-refractivity contribution is 5.76. The van der Waals surface area contributed by atoms with Crippen LogP contribution in [0.1, 0.15) is 277 Å². The van der Waals surface area contributed by atoms with E-state index < -0.39 is 49.5 Å². The smallest absolute Gasteiger partial charge is 0.305 e. The third-order valence-electron chi connectivity index (χ3n) is 14.7. The third kappa shape index (κ3) is 43.3. The number of carbonyl (C=O) groups excluding carboxylic acids is 2. The predicted octanol–water partition coefficient (Wildman–Crippen LogP) is 15.0. The van der Waals surface area contributed by atoms with Crippen LogP contribution < -0.4 is 5.32 Å². The summed E-state index contributed by atoms with van der Waals surface area (Å²) >= 11 is 0. The first kappa shape index (κ1) is 71.4. The lowest BCUT2D eigenvalue weighted by Crippen LogP contribution is -2.60. The zero-order valence-corrected chi connectivity index (χ0v) is 48.7. The first-order chi connectivity index (χ1) is 37.2. The molecule has 0 aromatic heterocycles. The molecule has 7 atom stereocenters. The van der Waals surface area contributed by atoms with Gasteiger partial charge in [-0.15, -0.1) is 0 Å². The highest BCUT2D eigenvalue weighted by Crippen LogP contribution is 2.23. The van der Waals surface area contributed by atoms with E-state index in [0.29, 0.717) is 19.4 Å². The van der Waals surface area contributed by atoms with Crippen molar-refractivity contribution in [3.8, 4) is 0 Å². The van der Waals surface area contributed by atoms with Crippen molar-refractivity contribution in [1.29, 1.82) is 0 Å². The fourth-order valence-corrected chi connectivity index (χ4v) is 9.72. The second-order valence-electron chi connectivity index (χ2n) is 21.8. The van der Waals surface area contributed by atoms with Crippen molar-refractivity contribution in [2.24, 2.45) is 0 Å². The summed E-state index contributed by atoms with van der Waals surface area (Å²) < 4.78 is 16.6. The van der Waals surface area contributed by atoms with Gasteiger partial charge in [-0.25, -0.2) is 0 Å². The van der Waals surface area contributed by atoms with Crippen LogP contribution in [0.3, 0.4) is 0 Å². The van der Waals surface area contributed by atoms with E-state index in [1.807, 2.05) is 19.1 Å². The van der Waals surface area contributed by atoms with Gasteiger partial charge in [0.15, 0.2) is 6.29 Å². The molecule has 442 valence electrons. The van der Waals surface area contributed by atoms with E-state index in [1.165, 1.54) is 167 Å². The van der Waals surface area contributed by atoms with Crippen molar-refractivity contribution in [3.63, 3.8) is 0 Å². The molecule has 1 aliphatic heterocycles. The average Bonchev–Trinajstić information content (AvgIpc) is 3.42. The molecule has 7 unspecified atom stereocenters. The molecule has 1 fully saturated rings. The van der Waals surface area contributed by atoms with Crippen LogP contribution in [0.2, 0.25) is 0 Å². The van der Waals surface area contributed by atoms with Gasteiger partial charge in [-0.3, -0.25) is 9.59 Å². The number of unbranched alkanes of at least 4 members (excludes halogenated alkanes) is 33. The van der Waals surface area contributed by atoms with E-state index in [1.54, 1.807) is 6.08 Å². The van der Waals surface area contributed by atoms with Gasteiger partial charge in [0.25, 0.3) is 0 Å². The van der Waals surface area contributed by atoms with E-state index in [-0.39, 0.29) is 18.5 Å². The molecule has 0 aromatic rings. The molecule has 0 bridgehead atoms. The van der Waals surface area contributed by atoms with Crippen LogP contribution in [0.5, 0.6) is 0 Å². The van der Waals surface area contributed by atoms with Crippen molar-refractivity contribution >= 4 is 11.9 Å². The molecular weight excluding hydrogens is 955 g/mol. The summed E-state index contributed by atoms with van der Waals surface area (Å²) in [5.74, 6) is -0.250. The molecule has 6 N–H and O–H groups in total. The first-order valence-corrected chi connectivity index (χ1v) is 31.5. The van der Waals surface area contributed by atoms with Crippen LogP contribution >= 0.6 is 0 Å². The summed E-state index contributed by atoms with van der Waals surface area (Å²) in [6.45, 7) is 3.98. The minimum Gasteiger partial charge on any atom is -0.465 e. The topological polar surface area (TPSA) is 175 Å². The maximum Gasteiger partial charge on any atom is 0.305 e. The Bertz CT molecular complexity index is 1450. The maximum absolute atomic E-state index is 13.0. The van der Waals surface area contributed by atoms with Gasteiger partial charge in [0.2, 0.25) is 5.91 Å². The number of ether oxygens (including phenoxy) is 3. The first-order valence-electron chi connectivity index (χ1n) is 31.5. The number of esters is 1. The number of carbonyl (C=O) groups is 2. The summed E-state index contributed by atoms with van der Waals surface area (Å²) in [5.41, 5.74) is 0. The van der Waals surface area contributed by atoms with E-state index in [0.717, 1.165) is 83.5 Å². The van der Waals surface area contributed by atoms with E-state index in [9.17, 15) is 35.1 Å². The van der Waals surface area contributed by atoms with Crippen molar-refractivity contribution in [2.45, 2.75) is 320 Å². The second kappa shape index (κ2) is 54.3. The van der Waals surface area contributed by atoms with Gasteiger partial charge in [0.1, 0.15) is 24.4 Å². The number of amides is 1. The SMILES string of the molecule is C/C=C/CC/C=C/CC/C=C/C(O)C(COC1OC(CO)C(O)C(O)C1O)NC(=O)CCCCCCCCCCCCCCCC/C=C\C/C=C\CCOC(=O)CCCCCCCCCCCCCCCCCCCC. The van der Waals surface area contributed by atoms with Crippen molar-refractivity contribution in [2.75, 3.05) is 19.8 Å². The van der Waals surface area contributed by atoms with Crippen LogP contribution in [0.25, 0.3) is 0 Å². The Balaban J connectivity index is 2.00. The molecule has 0 spiro atoms. The quantitative estimate of drug-likeness (QED) is 0.0195. The number of nitrogens with one attached hydrogen (secondary N) is 1. The van der Waals surface area contributed by atoms with Crippen molar-refractivity contribution in [3.05, 3.63) is 60.8 Å². The molecule has 0 radical (unpaired) electrons. The molecule has 1 amide bonds. The summed E-state index contributed by atoms with van der Waals surface area (Å²) in [5, 5.41) is 54.1. The molecule has 1 aliphatic rings. The van der Waals surface area contributed by atoms with Gasteiger partial charge in [-0.1, -0.05) is 254 Å². The monoisotopic (exact) mass is 1070 g/mol. The minimum atomic E-state index is -1.58. The fourth-order valence-electron chi connectivity index (χ4n) is 9.72. The Labute approximate surface area is 465 Å². The molecular formula is C65H117NO10. The molecule has 1 saturated heterocycles. The van der Waals surface area contributed by atoms with E-state index in [2.05, 4.69) is 54.8 Å². The number of aliphatic hydroxyl groups excluding tert-OH is 5. The van der Waals surface area contributed by atoms with Gasteiger partial charge in [0.05, 0.1) is 32.0 Å². The minimum absolute atomic E-state index is 0.0455. The standard InChI is InChI=1S/C65H117NO10/c1-3-5-7-9-11-13-14-15-16-17-24-27-30-33-37-41-45-49-53-61(70)74-54-50-46-42-38-34-31-28-25-22-20-18-19-21-23-26-29-32-36-40-44-48-52-60(69)66-57(58(68)51-47-43-39-35-12-10-8-6-4-2)56-75-65-64(73)63(72)62(71)59(55-67)76-65/h4,6,12,31,34-35,42,46-47,51,57-59,62-65,67-68,71-73H,3,5,7-11,13-30,32-33,36-41,43-45,48-50,52-56H2,1-2H3,(H,66,69)/b6-4+,34-31-,35-12+,46-42-,51-47+. The highest BCUT2D eigenvalue weighted by atomic mass is 16.7. The zero-order chi connectivity index (χ0) is 55.2. The normalized spacial score (nSPS) is 19.1. The molecule has 1 rings (SSSR count). The molecule has 0 saturated carbocycles. The molecule has 11 nitrogen and oxygen atoms in total. The number of aliphatic hydroxyl groups is 5. The summed E-state index contributed by atoms with van der Waals surface area (Å²) in [6.07, 6.45) is 60.9. The summed E-state index contributed by atoms with van der Waals surface area (Å²) in [4.78, 5) is 25.1. The Morgan fingerprint density at radius 1 is 0.513 bits per heavy atom. The molecule has 0 aromatic carbocycles.